The number of nitrogens with zero attached hydrogens (tertiary/aromatic N) is 1. The minimum Gasteiger partial charge on any atom is -0.325 e. The first-order chi connectivity index (χ1) is 11.6. The zero-order valence-electron chi connectivity index (χ0n) is 14.2. The third-order valence-electron chi connectivity index (χ3n) is 4.35. The van der Waals surface area contributed by atoms with E-state index < -0.39 is 0 Å². The number of carbonyl (C=O) groups excluding carboxylic acids is 1. The topological polar surface area (TPSA) is 44.4 Å². The van der Waals surface area contributed by atoms with E-state index in [0.29, 0.717) is 6.54 Å². The minimum atomic E-state index is -0.248. The van der Waals surface area contributed by atoms with Gasteiger partial charge in [-0.15, -0.1) is 12.4 Å². The van der Waals surface area contributed by atoms with Gasteiger partial charge < -0.3 is 10.6 Å². The van der Waals surface area contributed by atoms with E-state index in [1.54, 1.807) is 12.1 Å². The van der Waals surface area contributed by atoms with E-state index in [4.69, 9.17) is 0 Å². The Kier molecular flexibility index (Phi) is 6.93. The number of benzene rings is 2. The van der Waals surface area contributed by atoms with Gasteiger partial charge in [0.1, 0.15) is 5.82 Å². The maximum Gasteiger partial charge on any atom is 0.238 e. The molecule has 25 heavy (non-hydrogen) atoms. The first-order valence-electron chi connectivity index (χ1n) is 8.19. The molecule has 0 spiro atoms. The van der Waals surface area contributed by atoms with Gasteiger partial charge in [0.15, 0.2) is 0 Å². The molecule has 2 N–H and O–H groups in total. The second-order valence-electron chi connectivity index (χ2n) is 6.11. The van der Waals surface area contributed by atoms with Crippen LogP contribution in [0.2, 0.25) is 0 Å². The molecule has 1 atom stereocenters. The second-order valence-corrected chi connectivity index (χ2v) is 6.11. The average Bonchev–Trinajstić information content (AvgIpc) is 2.57. The summed E-state index contributed by atoms with van der Waals surface area (Å²) in [7, 11) is 0. The lowest BCUT2D eigenvalue weighted by Crippen LogP contribution is -2.48. The lowest BCUT2D eigenvalue weighted by Gasteiger charge is -2.36. The molecule has 2 aromatic rings. The summed E-state index contributed by atoms with van der Waals surface area (Å²) in [6.45, 7) is 4.54. The predicted octanol–water partition coefficient (Wildman–Crippen LogP) is 3.14. The van der Waals surface area contributed by atoms with Crippen LogP contribution in [-0.2, 0) is 4.79 Å². The molecule has 1 amide bonds. The fourth-order valence-electron chi connectivity index (χ4n) is 3.07. The highest BCUT2D eigenvalue weighted by atomic mass is 35.5. The molecular weight excluding hydrogens is 341 g/mol. The smallest absolute Gasteiger partial charge is 0.238 e. The van der Waals surface area contributed by atoms with Gasteiger partial charge >= 0.3 is 0 Å². The zero-order chi connectivity index (χ0) is 16.9. The molecule has 1 fully saturated rings. The zero-order valence-corrected chi connectivity index (χ0v) is 15.0. The number of anilines is 1. The molecule has 1 saturated heterocycles. The number of amides is 1. The van der Waals surface area contributed by atoms with Crippen LogP contribution in [0.15, 0.2) is 48.5 Å². The Balaban J connectivity index is 0.00000225. The third kappa shape index (κ3) is 5.01. The van der Waals surface area contributed by atoms with Gasteiger partial charge in [0, 0.05) is 31.4 Å². The van der Waals surface area contributed by atoms with E-state index in [1.165, 1.54) is 6.07 Å². The maximum absolute atomic E-state index is 13.5. The van der Waals surface area contributed by atoms with Crippen LogP contribution in [-0.4, -0.2) is 37.0 Å². The molecule has 0 radical (unpaired) electrons. The Hall–Kier alpha value is -1.95. The first kappa shape index (κ1) is 19.4. The quantitative estimate of drug-likeness (QED) is 0.877. The number of carbonyl (C=O) groups is 1. The first-order valence-corrected chi connectivity index (χ1v) is 8.19. The van der Waals surface area contributed by atoms with E-state index >= 15 is 0 Å². The normalized spacial score (nSPS) is 17.6. The van der Waals surface area contributed by atoms with Crippen molar-refractivity contribution in [3.63, 3.8) is 0 Å². The van der Waals surface area contributed by atoms with Crippen LogP contribution in [0.4, 0.5) is 10.1 Å². The molecule has 0 bridgehead atoms. The highest BCUT2D eigenvalue weighted by Crippen LogP contribution is 2.23. The van der Waals surface area contributed by atoms with Crippen LogP contribution in [0.25, 0.3) is 0 Å². The van der Waals surface area contributed by atoms with Crippen molar-refractivity contribution in [2.45, 2.75) is 13.0 Å². The SMILES string of the molecule is Cc1ccccc1NC(=O)CN1CCNCC1c1cccc(F)c1.Cl. The molecule has 1 unspecified atom stereocenters. The van der Waals surface area contributed by atoms with Crippen LogP contribution in [0.5, 0.6) is 0 Å². The molecule has 4 nitrogen and oxygen atoms in total. The number of nitrogens with one attached hydrogen (secondary N) is 2. The number of halogens is 2. The lowest BCUT2D eigenvalue weighted by molar-refractivity contribution is -0.118. The van der Waals surface area contributed by atoms with Crippen molar-refractivity contribution < 1.29 is 9.18 Å². The molecule has 0 aliphatic carbocycles. The Morgan fingerprint density at radius 3 is 2.84 bits per heavy atom. The minimum absolute atomic E-state index is 0. The third-order valence-corrected chi connectivity index (χ3v) is 4.35. The monoisotopic (exact) mass is 363 g/mol. The fourth-order valence-corrected chi connectivity index (χ4v) is 3.07. The summed E-state index contributed by atoms with van der Waals surface area (Å²) in [5.74, 6) is -0.296. The molecule has 0 saturated carbocycles. The molecule has 6 heteroatoms. The summed E-state index contributed by atoms with van der Waals surface area (Å²) < 4.78 is 13.5. The van der Waals surface area contributed by atoms with Crippen LogP contribution >= 0.6 is 12.4 Å². The van der Waals surface area contributed by atoms with Crippen LogP contribution in [0, 0.1) is 12.7 Å². The Morgan fingerprint density at radius 2 is 2.08 bits per heavy atom. The molecule has 2 aromatic carbocycles. The van der Waals surface area contributed by atoms with Gasteiger partial charge in [0.25, 0.3) is 0 Å². The summed E-state index contributed by atoms with van der Waals surface area (Å²) in [6, 6.07) is 14.3. The molecule has 3 rings (SSSR count). The second kappa shape index (κ2) is 8.94. The maximum atomic E-state index is 13.5. The number of aryl methyl sites for hydroxylation is 1. The molecular formula is C19H23ClFN3O. The Bertz CT molecular complexity index is 725. The largest absolute Gasteiger partial charge is 0.325 e. The van der Waals surface area contributed by atoms with E-state index in [0.717, 1.165) is 29.9 Å². The number of rotatable bonds is 4. The van der Waals surface area contributed by atoms with Gasteiger partial charge in [-0.1, -0.05) is 30.3 Å². The van der Waals surface area contributed by atoms with E-state index in [1.807, 2.05) is 37.3 Å². The number of piperazine rings is 1. The summed E-state index contributed by atoms with van der Waals surface area (Å²) >= 11 is 0. The standard InChI is InChI=1S/C19H22FN3O.ClH/c1-14-5-2-3-8-17(14)22-19(24)13-23-10-9-21-12-18(23)15-6-4-7-16(20)11-15;/h2-8,11,18,21H,9-10,12-13H2,1H3,(H,22,24);1H. The van der Waals surface area contributed by atoms with Crippen molar-refractivity contribution in [2.75, 3.05) is 31.5 Å². The van der Waals surface area contributed by atoms with Gasteiger partial charge in [-0.2, -0.15) is 0 Å². The van der Waals surface area contributed by atoms with Crippen molar-refractivity contribution in [1.82, 2.24) is 10.2 Å². The van der Waals surface area contributed by atoms with Gasteiger partial charge in [-0.25, -0.2) is 4.39 Å². The van der Waals surface area contributed by atoms with Gasteiger partial charge in [-0.3, -0.25) is 9.69 Å². The highest BCUT2D eigenvalue weighted by molar-refractivity contribution is 5.93. The molecule has 1 heterocycles. The summed E-state index contributed by atoms with van der Waals surface area (Å²) in [5, 5.41) is 6.28. The summed E-state index contributed by atoms with van der Waals surface area (Å²) in [5.41, 5.74) is 2.76. The van der Waals surface area contributed by atoms with E-state index in [-0.39, 0.29) is 36.7 Å². The van der Waals surface area contributed by atoms with Gasteiger partial charge in [0.2, 0.25) is 5.91 Å². The van der Waals surface area contributed by atoms with E-state index in [9.17, 15) is 9.18 Å². The summed E-state index contributed by atoms with van der Waals surface area (Å²) in [6.07, 6.45) is 0. The predicted molar refractivity (Wildman–Crippen MR) is 101 cm³/mol. The number of hydrogen-bond donors (Lipinski definition) is 2. The molecule has 134 valence electrons. The molecule has 1 aliphatic heterocycles. The van der Waals surface area contributed by atoms with Crippen molar-refractivity contribution in [2.24, 2.45) is 0 Å². The van der Waals surface area contributed by atoms with Gasteiger partial charge in [0.05, 0.1) is 6.54 Å². The van der Waals surface area contributed by atoms with Crippen LogP contribution in [0.3, 0.4) is 0 Å². The molecule has 0 aromatic heterocycles. The molecule has 1 aliphatic rings. The number of para-hydroxylation sites is 1. The fraction of sp³-hybridized carbons (Fsp3) is 0.316. The van der Waals surface area contributed by atoms with Crippen molar-refractivity contribution >= 4 is 24.0 Å². The van der Waals surface area contributed by atoms with Crippen molar-refractivity contribution in [1.29, 1.82) is 0 Å². The number of hydrogen-bond acceptors (Lipinski definition) is 3. The van der Waals surface area contributed by atoms with Crippen LogP contribution in [0.1, 0.15) is 17.2 Å². The van der Waals surface area contributed by atoms with Gasteiger partial charge in [-0.05, 0) is 36.2 Å². The summed E-state index contributed by atoms with van der Waals surface area (Å²) in [4.78, 5) is 14.5. The Labute approximate surface area is 153 Å². The average molecular weight is 364 g/mol. The Morgan fingerprint density at radius 1 is 1.28 bits per heavy atom. The lowest BCUT2D eigenvalue weighted by atomic mass is 10.0. The highest BCUT2D eigenvalue weighted by Gasteiger charge is 2.25. The van der Waals surface area contributed by atoms with E-state index in [2.05, 4.69) is 15.5 Å². The van der Waals surface area contributed by atoms with Crippen LogP contribution < -0.4 is 10.6 Å². The van der Waals surface area contributed by atoms with Crippen molar-refractivity contribution in [3.8, 4) is 0 Å². The van der Waals surface area contributed by atoms with Crippen molar-refractivity contribution in [3.05, 3.63) is 65.5 Å².